The highest BCUT2D eigenvalue weighted by molar-refractivity contribution is 5.66. The molecule has 0 aromatic heterocycles. The maximum absolute atomic E-state index is 11.1. The van der Waals surface area contributed by atoms with Gasteiger partial charge in [-0.1, -0.05) is 67.6 Å². The van der Waals surface area contributed by atoms with Crippen molar-refractivity contribution in [2.45, 2.75) is 26.7 Å². The lowest BCUT2D eigenvalue weighted by molar-refractivity contribution is -0.139. The van der Waals surface area contributed by atoms with E-state index >= 15 is 0 Å². The first-order valence-electron chi connectivity index (χ1n) is 7.63. The van der Waals surface area contributed by atoms with Gasteiger partial charge in [0.05, 0.1) is 0 Å². The van der Waals surface area contributed by atoms with Crippen LogP contribution < -0.4 is 0 Å². The average Bonchev–Trinajstić information content (AvgIpc) is 2.54. The normalized spacial score (nSPS) is 11.3. The van der Waals surface area contributed by atoms with Crippen LogP contribution in [0.3, 0.4) is 0 Å². The second-order valence-corrected chi connectivity index (χ2v) is 5.30. The molecule has 2 rings (SSSR count). The van der Waals surface area contributed by atoms with Gasteiger partial charge in [0, 0.05) is 6.92 Å². The van der Waals surface area contributed by atoms with Crippen molar-refractivity contribution in [3.63, 3.8) is 0 Å². The fraction of sp³-hybridized carbons (Fsp3) is 0.250. The average molecular weight is 294 g/mol. The molecule has 0 bridgehead atoms. The van der Waals surface area contributed by atoms with Crippen LogP contribution in [0.5, 0.6) is 0 Å². The largest absolute Gasteiger partial charge is 0.461 e. The lowest BCUT2D eigenvalue weighted by Crippen LogP contribution is -2.05. The molecule has 0 saturated heterocycles. The zero-order chi connectivity index (χ0) is 15.8. The molecule has 2 nitrogen and oxygen atoms in total. The van der Waals surface area contributed by atoms with Crippen molar-refractivity contribution in [2.75, 3.05) is 6.61 Å². The molecule has 0 atom stereocenters. The molecule has 0 fully saturated rings. The van der Waals surface area contributed by atoms with Gasteiger partial charge in [-0.15, -0.1) is 0 Å². The second-order valence-electron chi connectivity index (χ2n) is 5.30. The van der Waals surface area contributed by atoms with E-state index in [0.29, 0.717) is 6.61 Å². The van der Waals surface area contributed by atoms with E-state index in [-0.39, 0.29) is 5.97 Å². The van der Waals surface area contributed by atoms with Gasteiger partial charge in [-0.3, -0.25) is 4.79 Å². The minimum absolute atomic E-state index is 0.247. The number of hydrogen-bond donors (Lipinski definition) is 0. The maximum Gasteiger partial charge on any atom is 0.302 e. The zero-order valence-electron chi connectivity index (χ0n) is 13.2. The standard InChI is InChI=1S/C20H22O2/c1-3-19-11-7-8-12-20(19)14-18(15-22-16(2)21)13-17-9-5-4-6-10-17/h4-12,14H,3,13,15H2,1-2H3/b18-14-. The number of carbonyl (C=O) groups excluding carboxylic acids is 1. The fourth-order valence-electron chi connectivity index (χ4n) is 2.41. The van der Waals surface area contributed by atoms with Crippen molar-refractivity contribution in [3.05, 3.63) is 76.9 Å². The van der Waals surface area contributed by atoms with E-state index in [1.54, 1.807) is 0 Å². The molecule has 0 saturated carbocycles. The van der Waals surface area contributed by atoms with Crippen LogP contribution >= 0.6 is 0 Å². The predicted octanol–water partition coefficient (Wildman–Crippen LogP) is 4.44. The molecule has 114 valence electrons. The number of carbonyl (C=O) groups is 1. The van der Waals surface area contributed by atoms with E-state index in [9.17, 15) is 4.79 Å². The van der Waals surface area contributed by atoms with Crippen molar-refractivity contribution < 1.29 is 9.53 Å². The summed E-state index contributed by atoms with van der Waals surface area (Å²) in [6.07, 6.45) is 3.92. The van der Waals surface area contributed by atoms with Crippen molar-refractivity contribution >= 4 is 12.0 Å². The first-order valence-corrected chi connectivity index (χ1v) is 7.63. The van der Waals surface area contributed by atoms with Crippen molar-refractivity contribution in [3.8, 4) is 0 Å². The van der Waals surface area contributed by atoms with Crippen LogP contribution in [-0.4, -0.2) is 12.6 Å². The summed E-state index contributed by atoms with van der Waals surface area (Å²) in [7, 11) is 0. The van der Waals surface area contributed by atoms with Crippen LogP contribution in [0.1, 0.15) is 30.5 Å². The lowest BCUT2D eigenvalue weighted by Gasteiger charge is -2.10. The monoisotopic (exact) mass is 294 g/mol. The van der Waals surface area contributed by atoms with Crippen LogP contribution in [0.4, 0.5) is 0 Å². The Hall–Kier alpha value is -2.35. The quantitative estimate of drug-likeness (QED) is 0.736. The SMILES string of the molecule is CCc1ccccc1/C=C(\COC(C)=O)Cc1ccccc1. The van der Waals surface area contributed by atoms with Gasteiger partial charge in [0.1, 0.15) is 6.61 Å². The zero-order valence-corrected chi connectivity index (χ0v) is 13.2. The summed E-state index contributed by atoms with van der Waals surface area (Å²) in [5, 5.41) is 0. The topological polar surface area (TPSA) is 26.3 Å². The summed E-state index contributed by atoms with van der Waals surface area (Å²) in [5.74, 6) is -0.247. The number of hydrogen-bond acceptors (Lipinski definition) is 2. The van der Waals surface area contributed by atoms with E-state index < -0.39 is 0 Å². The summed E-state index contributed by atoms with van der Waals surface area (Å²) >= 11 is 0. The number of aryl methyl sites for hydroxylation is 1. The third-order valence-electron chi connectivity index (χ3n) is 3.53. The van der Waals surface area contributed by atoms with Gasteiger partial charge in [-0.05, 0) is 35.1 Å². The Balaban J connectivity index is 2.26. The van der Waals surface area contributed by atoms with E-state index in [2.05, 4.69) is 43.3 Å². The Morgan fingerprint density at radius 2 is 1.73 bits per heavy atom. The Kier molecular flexibility index (Phi) is 5.96. The second kappa shape index (κ2) is 8.18. The summed E-state index contributed by atoms with van der Waals surface area (Å²) < 4.78 is 5.21. The highest BCUT2D eigenvalue weighted by atomic mass is 16.5. The lowest BCUT2D eigenvalue weighted by atomic mass is 9.99. The molecule has 0 unspecified atom stereocenters. The minimum Gasteiger partial charge on any atom is -0.461 e. The van der Waals surface area contributed by atoms with Gasteiger partial charge in [-0.25, -0.2) is 0 Å². The molecule has 0 spiro atoms. The molecule has 0 heterocycles. The molecule has 0 aliphatic rings. The molecule has 0 aliphatic heterocycles. The number of ether oxygens (including phenoxy) is 1. The van der Waals surface area contributed by atoms with Gasteiger partial charge in [0.15, 0.2) is 0 Å². The highest BCUT2D eigenvalue weighted by Gasteiger charge is 2.05. The van der Waals surface area contributed by atoms with Crippen LogP contribution in [-0.2, 0) is 22.4 Å². The molecular formula is C20H22O2. The summed E-state index contributed by atoms with van der Waals surface area (Å²) in [6, 6.07) is 18.6. The van der Waals surface area contributed by atoms with Gasteiger partial charge in [-0.2, -0.15) is 0 Å². The van der Waals surface area contributed by atoms with Crippen LogP contribution in [0, 0.1) is 0 Å². The van der Waals surface area contributed by atoms with Gasteiger partial charge >= 0.3 is 5.97 Å². The van der Waals surface area contributed by atoms with Gasteiger partial charge < -0.3 is 4.74 Å². The maximum atomic E-state index is 11.1. The van der Waals surface area contributed by atoms with Crippen LogP contribution in [0.2, 0.25) is 0 Å². The summed E-state index contributed by atoms with van der Waals surface area (Å²) in [4.78, 5) is 11.1. The minimum atomic E-state index is -0.247. The summed E-state index contributed by atoms with van der Waals surface area (Å²) in [6.45, 7) is 3.93. The molecule has 22 heavy (non-hydrogen) atoms. The molecule has 0 amide bonds. The molecule has 0 aliphatic carbocycles. The molecule has 0 radical (unpaired) electrons. The van der Waals surface area contributed by atoms with Crippen molar-refractivity contribution in [2.24, 2.45) is 0 Å². The number of rotatable bonds is 6. The number of esters is 1. The molecule has 0 N–H and O–H groups in total. The van der Waals surface area contributed by atoms with Gasteiger partial charge in [0.25, 0.3) is 0 Å². The first-order chi connectivity index (χ1) is 10.7. The van der Waals surface area contributed by atoms with E-state index in [0.717, 1.165) is 18.4 Å². The Morgan fingerprint density at radius 3 is 2.41 bits per heavy atom. The Bertz CT molecular complexity index is 642. The molecule has 2 aromatic rings. The van der Waals surface area contributed by atoms with Crippen LogP contribution in [0.25, 0.3) is 6.08 Å². The molecular weight excluding hydrogens is 272 g/mol. The highest BCUT2D eigenvalue weighted by Crippen LogP contribution is 2.17. The third-order valence-corrected chi connectivity index (χ3v) is 3.53. The Labute approximate surface area is 132 Å². The van der Waals surface area contributed by atoms with Crippen molar-refractivity contribution in [1.82, 2.24) is 0 Å². The molecule has 2 heteroatoms. The fourth-order valence-corrected chi connectivity index (χ4v) is 2.41. The first kappa shape index (κ1) is 16.0. The number of benzene rings is 2. The van der Waals surface area contributed by atoms with Crippen LogP contribution in [0.15, 0.2) is 60.2 Å². The predicted molar refractivity (Wildman–Crippen MR) is 90.6 cm³/mol. The smallest absolute Gasteiger partial charge is 0.302 e. The van der Waals surface area contributed by atoms with E-state index in [1.807, 2.05) is 24.3 Å². The van der Waals surface area contributed by atoms with E-state index in [1.165, 1.54) is 23.6 Å². The molecule has 2 aromatic carbocycles. The van der Waals surface area contributed by atoms with Crippen molar-refractivity contribution in [1.29, 1.82) is 0 Å². The summed E-state index contributed by atoms with van der Waals surface area (Å²) in [5.41, 5.74) is 4.82. The van der Waals surface area contributed by atoms with Gasteiger partial charge in [0.2, 0.25) is 0 Å². The Morgan fingerprint density at radius 1 is 1.05 bits per heavy atom. The van der Waals surface area contributed by atoms with E-state index in [4.69, 9.17) is 4.74 Å². The third kappa shape index (κ3) is 4.88.